The number of hydrogen-bond donors (Lipinski definition) is 1. The van der Waals surface area contributed by atoms with E-state index in [2.05, 4.69) is 26.3 Å². The molecule has 174 valence electrons. The van der Waals surface area contributed by atoms with Gasteiger partial charge in [-0.25, -0.2) is 4.39 Å². The number of nitrogens with zero attached hydrogens (tertiary/aromatic N) is 4. The Hall–Kier alpha value is -2.20. The van der Waals surface area contributed by atoms with Crippen molar-refractivity contribution in [1.82, 2.24) is 24.8 Å². The number of rotatable bonds is 5. The molecule has 1 unspecified atom stereocenters. The second-order valence-electron chi connectivity index (χ2n) is 8.70. The molecule has 1 N–H and O–H groups in total. The van der Waals surface area contributed by atoms with E-state index in [4.69, 9.17) is 4.74 Å². The molecule has 0 aliphatic carbocycles. The van der Waals surface area contributed by atoms with Crippen LogP contribution in [-0.4, -0.2) is 51.0 Å². The number of likely N-dealkylation sites (tertiary alicyclic amines) is 1. The Morgan fingerprint density at radius 2 is 2.06 bits per heavy atom. The van der Waals surface area contributed by atoms with Gasteiger partial charge in [-0.05, 0) is 44.5 Å². The fourth-order valence-corrected chi connectivity index (χ4v) is 5.89. The van der Waals surface area contributed by atoms with Crippen molar-refractivity contribution >= 4 is 35.2 Å². The molecule has 0 aromatic carbocycles. The summed E-state index contributed by atoms with van der Waals surface area (Å²) in [4.78, 5) is 24.8. The summed E-state index contributed by atoms with van der Waals surface area (Å²) in [5.41, 5.74) is 2.95. The summed E-state index contributed by atoms with van der Waals surface area (Å²) in [5, 5.41) is 3.64. The summed E-state index contributed by atoms with van der Waals surface area (Å²) in [5.74, 6) is 1.24. The van der Waals surface area contributed by atoms with E-state index in [9.17, 15) is 9.18 Å². The topological polar surface area (TPSA) is 72.3 Å². The number of hydrogen-bond acceptors (Lipinski definition) is 7. The molecular weight excluding hydrogens is 465 g/mol. The van der Waals surface area contributed by atoms with Crippen LogP contribution >= 0.6 is 24.2 Å². The smallest absolute Gasteiger partial charge is 0.251 e. The van der Waals surface area contributed by atoms with Crippen LogP contribution in [0.15, 0.2) is 40.3 Å². The van der Waals surface area contributed by atoms with Gasteiger partial charge in [0.25, 0.3) is 5.56 Å². The average molecular weight is 490 g/mol. The van der Waals surface area contributed by atoms with Gasteiger partial charge in [-0.1, -0.05) is 11.8 Å². The Morgan fingerprint density at radius 3 is 2.91 bits per heavy atom. The van der Waals surface area contributed by atoms with Crippen molar-refractivity contribution in [2.24, 2.45) is 0 Å². The van der Waals surface area contributed by atoms with Gasteiger partial charge >= 0.3 is 0 Å². The quantitative estimate of drug-likeness (QED) is 0.590. The Kier molecular flexibility index (Phi) is 6.30. The van der Waals surface area contributed by atoms with Gasteiger partial charge in [0.05, 0.1) is 40.1 Å². The van der Waals surface area contributed by atoms with Gasteiger partial charge in [0, 0.05) is 30.8 Å². The molecule has 1 fully saturated rings. The molecule has 0 bridgehead atoms. The van der Waals surface area contributed by atoms with Crippen molar-refractivity contribution in [3.05, 3.63) is 58.0 Å². The third-order valence-corrected chi connectivity index (χ3v) is 7.61. The van der Waals surface area contributed by atoms with Crippen molar-refractivity contribution in [3.63, 3.8) is 0 Å². The van der Waals surface area contributed by atoms with Crippen LogP contribution in [0, 0.1) is 5.82 Å². The molecule has 3 aromatic rings. The summed E-state index contributed by atoms with van der Waals surface area (Å²) in [7, 11) is 0. The van der Waals surface area contributed by atoms with Crippen molar-refractivity contribution in [3.8, 4) is 5.75 Å². The van der Waals surface area contributed by atoms with E-state index in [1.807, 2.05) is 6.20 Å². The van der Waals surface area contributed by atoms with Gasteiger partial charge in [0.2, 0.25) is 0 Å². The molecule has 6 heterocycles. The lowest BCUT2D eigenvalue weighted by Crippen LogP contribution is -2.44. The fraction of sp³-hybridized carbons (Fsp3) is 0.435. The highest BCUT2D eigenvalue weighted by atomic mass is 35.5. The lowest BCUT2D eigenvalue weighted by Gasteiger charge is -2.34. The maximum absolute atomic E-state index is 14.4. The third kappa shape index (κ3) is 4.23. The van der Waals surface area contributed by atoms with Crippen molar-refractivity contribution in [2.45, 2.75) is 42.8 Å². The van der Waals surface area contributed by atoms with Crippen LogP contribution in [-0.2, 0) is 13.0 Å². The molecule has 3 aromatic heterocycles. The van der Waals surface area contributed by atoms with E-state index in [-0.39, 0.29) is 29.8 Å². The summed E-state index contributed by atoms with van der Waals surface area (Å²) in [6, 6.07) is 5.75. The maximum atomic E-state index is 14.4. The molecule has 6 rings (SSSR count). The van der Waals surface area contributed by atoms with Crippen LogP contribution in [0.2, 0.25) is 0 Å². The summed E-state index contributed by atoms with van der Waals surface area (Å²) < 4.78 is 21.6. The fourth-order valence-electron chi connectivity index (χ4n) is 5.10. The zero-order chi connectivity index (χ0) is 21.7. The first-order valence-corrected chi connectivity index (χ1v) is 12.0. The highest BCUT2D eigenvalue weighted by Gasteiger charge is 2.30. The predicted octanol–water partition coefficient (Wildman–Crippen LogP) is 3.15. The predicted molar refractivity (Wildman–Crippen MR) is 128 cm³/mol. The zero-order valence-electron chi connectivity index (χ0n) is 18.0. The van der Waals surface area contributed by atoms with E-state index in [0.717, 1.165) is 50.5 Å². The highest BCUT2D eigenvalue weighted by Crippen LogP contribution is 2.35. The molecule has 7 nitrogen and oxygen atoms in total. The van der Waals surface area contributed by atoms with E-state index in [1.54, 1.807) is 28.5 Å². The molecule has 3 aliphatic rings. The van der Waals surface area contributed by atoms with Crippen LogP contribution in [0.5, 0.6) is 5.75 Å². The Morgan fingerprint density at radius 1 is 1.21 bits per heavy atom. The molecule has 1 saturated heterocycles. The second-order valence-corrected chi connectivity index (χ2v) is 9.67. The van der Waals surface area contributed by atoms with Crippen molar-refractivity contribution in [1.29, 1.82) is 0 Å². The SMILES string of the molecule is Cl.O=c1ccc2ncc(F)c3c2n1C(CN1CCC(NCc2cc4c(cn2)OCS4)CC1)C3. The molecule has 0 amide bonds. The van der Waals surface area contributed by atoms with E-state index < -0.39 is 0 Å². The number of piperidine rings is 1. The summed E-state index contributed by atoms with van der Waals surface area (Å²) >= 11 is 1.71. The molecule has 10 heteroatoms. The van der Waals surface area contributed by atoms with E-state index >= 15 is 0 Å². The lowest BCUT2D eigenvalue weighted by atomic mass is 10.0. The number of fused-ring (bicyclic) bond motifs is 1. The summed E-state index contributed by atoms with van der Waals surface area (Å²) in [6.07, 6.45) is 5.71. The number of halogens is 2. The minimum atomic E-state index is -0.313. The average Bonchev–Trinajstić information content (AvgIpc) is 3.43. The van der Waals surface area contributed by atoms with Crippen LogP contribution < -0.4 is 15.6 Å². The monoisotopic (exact) mass is 489 g/mol. The first-order valence-electron chi connectivity index (χ1n) is 11.0. The Balaban J connectivity index is 0.00000228. The molecule has 3 aliphatic heterocycles. The van der Waals surface area contributed by atoms with Gasteiger partial charge in [0.1, 0.15) is 11.8 Å². The number of nitrogens with one attached hydrogen (secondary N) is 1. The largest absolute Gasteiger partial charge is 0.480 e. The minimum Gasteiger partial charge on any atom is -0.480 e. The molecule has 0 radical (unpaired) electrons. The molecule has 0 spiro atoms. The molecule has 0 saturated carbocycles. The Labute approximate surface area is 201 Å². The van der Waals surface area contributed by atoms with Gasteiger partial charge in [-0.15, -0.1) is 12.4 Å². The second kappa shape index (κ2) is 9.21. The van der Waals surface area contributed by atoms with E-state index in [0.29, 0.717) is 35.0 Å². The maximum Gasteiger partial charge on any atom is 0.251 e. The zero-order valence-corrected chi connectivity index (χ0v) is 19.6. The lowest BCUT2D eigenvalue weighted by molar-refractivity contribution is 0.174. The van der Waals surface area contributed by atoms with Crippen molar-refractivity contribution < 1.29 is 9.13 Å². The van der Waals surface area contributed by atoms with Gasteiger partial charge in [-0.2, -0.15) is 0 Å². The van der Waals surface area contributed by atoms with Crippen LogP contribution in [0.25, 0.3) is 11.0 Å². The number of pyridine rings is 3. The number of aromatic nitrogens is 3. The minimum absolute atomic E-state index is 0. The highest BCUT2D eigenvalue weighted by molar-refractivity contribution is 7.99. The first-order chi connectivity index (χ1) is 15.7. The number of thioether (sulfide) groups is 1. The Bertz CT molecular complexity index is 1250. The van der Waals surface area contributed by atoms with Crippen LogP contribution in [0.3, 0.4) is 0 Å². The molecular formula is C23H25ClFN5O2S. The molecule has 1 atom stereocenters. The van der Waals surface area contributed by atoms with Gasteiger partial charge < -0.3 is 19.5 Å². The van der Waals surface area contributed by atoms with Crippen molar-refractivity contribution in [2.75, 3.05) is 25.6 Å². The number of ether oxygens (including phenoxy) is 1. The van der Waals surface area contributed by atoms with Gasteiger partial charge in [-0.3, -0.25) is 14.8 Å². The normalized spacial score (nSPS) is 20.0. The molecule has 33 heavy (non-hydrogen) atoms. The summed E-state index contributed by atoms with van der Waals surface area (Å²) in [6.45, 7) is 3.41. The standard InChI is InChI=1S/C23H24FN5O2S.ClH/c24-18-10-27-19-1-2-22(30)29-16(8-17(18)23(19)29)12-28-5-3-14(4-6-28)25-9-15-7-21-20(11-26-15)31-13-32-21;/h1-2,7,10-11,14,16,25H,3-6,8-9,12-13H2;1H. The van der Waals surface area contributed by atoms with Crippen LogP contribution in [0.4, 0.5) is 4.39 Å². The van der Waals surface area contributed by atoms with Crippen LogP contribution in [0.1, 0.15) is 30.1 Å². The van der Waals surface area contributed by atoms with Gasteiger partial charge in [0.15, 0.2) is 5.75 Å². The van der Waals surface area contributed by atoms with E-state index in [1.165, 1.54) is 11.1 Å². The third-order valence-electron chi connectivity index (χ3n) is 6.75. The first kappa shape index (κ1) is 22.6.